The zero-order valence-electron chi connectivity index (χ0n) is 8.08. The Kier molecular flexibility index (Phi) is 2.38. The lowest BCUT2D eigenvalue weighted by Gasteiger charge is -2.37. The molecule has 0 bridgehead atoms. The van der Waals surface area contributed by atoms with Crippen molar-refractivity contribution in [3.8, 4) is 0 Å². The number of hydrogen-bond acceptors (Lipinski definition) is 2. The molecule has 1 heterocycles. The van der Waals surface area contributed by atoms with Crippen molar-refractivity contribution in [3.63, 3.8) is 0 Å². The van der Waals surface area contributed by atoms with E-state index in [0.717, 1.165) is 5.57 Å². The molecule has 0 spiro atoms. The van der Waals surface area contributed by atoms with Crippen molar-refractivity contribution >= 4 is 5.97 Å². The first kappa shape index (κ1) is 8.79. The third-order valence-corrected chi connectivity index (χ3v) is 3.17. The minimum Gasteiger partial charge on any atom is -0.453 e. The van der Waals surface area contributed by atoms with E-state index in [4.69, 9.17) is 4.74 Å². The summed E-state index contributed by atoms with van der Waals surface area (Å²) >= 11 is 0. The number of allylic oxidation sites excluding steroid dienone is 1. The predicted octanol–water partition coefficient (Wildman–Crippen LogP) is 2.44. The van der Waals surface area contributed by atoms with Crippen molar-refractivity contribution in [3.05, 3.63) is 11.6 Å². The maximum atomic E-state index is 11.0. The van der Waals surface area contributed by atoms with Crippen LogP contribution in [0.4, 0.5) is 0 Å². The standard InChI is InChI=1S/C11H16O2/c1-2-9-10(13-11(9)12)8-6-4-3-5-7-8/h2,8,10H,3-7H2,1H3/b9-2+. The quantitative estimate of drug-likeness (QED) is 0.457. The summed E-state index contributed by atoms with van der Waals surface area (Å²) in [6.45, 7) is 1.92. The summed E-state index contributed by atoms with van der Waals surface area (Å²) in [5.74, 6) is 0.510. The second kappa shape index (κ2) is 3.52. The molecule has 1 aliphatic carbocycles. The molecule has 0 N–H and O–H groups in total. The normalized spacial score (nSPS) is 32.8. The van der Waals surface area contributed by atoms with Crippen LogP contribution in [0.25, 0.3) is 0 Å². The summed E-state index contributed by atoms with van der Waals surface area (Å²) in [6.07, 6.45) is 8.46. The topological polar surface area (TPSA) is 26.3 Å². The SMILES string of the molecule is C/C=C1/C(=O)OC1C1CCCCC1. The predicted molar refractivity (Wildman–Crippen MR) is 50.2 cm³/mol. The molecule has 1 unspecified atom stereocenters. The lowest BCUT2D eigenvalue weighted by atomic mass is 9.80. The van der Waals surface area contributed by atoms with Crippen molar-refractivity contribution in [2.75, 3.05) is 0 Å². The van der Waals surface area contributed by atoms with Crippen LogP contribution in [0.2, 0.25) is 0 Å². The van der Waals surface area contributed by atoms with Gasteiger partial charge in [0.25, 0.3) is 0 Å². The molecular formula is C11H16O2. The second-order valence-corrected chi connectivity index (χ2v) is 3.97. The van der Waals surface area contributed by atoms with Crippen LogP contribution in [-0.4, -0.2) is 12.1 Å². The Labute approximate surface area is 79.0 Å². The second-order valence-electron chi connectivity index (χ2n) is 3.97. The summed E-state index contributed by atoms with van der Waals surface area (Å²) in [5, 5.41) is 0. The van der Waals surface area contributed by atoms with E-state index < -0.39 is 0 Å². The van der Waals surface area contributed by atoms with E-state index in [9.17, 15) is 4.79 Å². The monoisotopic (exact) mass is 180 g/mol. The molecule has 0 amide bonds. The van der Waals surface area contributed by atoms with Gasteiger partial charge in [-0.25, -0.2) is 4.79 Å². The molecule has 1 saturated carbocycles. The summed E-state index contributed by atoms with van der Waals surface area (Å²) in [7, 11) is 0. The van der Waals surface area contributed by atoms with Crippen LogP contribution >= 0.6 is 0 Å². The molecule has 2 fully saturated rings. The fraction of sp³-hybridized carbons (Fsp3) is 0.727. The lowest BCUT2D eigenvalue weighted by molar-refractivity contribution is -0.161. The number of cyclic esters (lactones) is 1. The third-order valence-electron chi connectivity index (χ3n) is 3.17. The smallest absolute Gasteiger partial charge is 0.338 e. The van der Waals surface area contributed by atoms with Gasteiger partial charge >= 0.3 is 5.97 Å². The van der Waals surface area contributed by atoms with Gasteiger partial charge in [0.1, 0.15) is 6.10 Å². The number of hydrogen-bond donors (Lipinski definition) is 0. The molecule has 2 heteroatoms. The fourth-order valence-electron chi connectivity index (χ4n) is 2.37. The first-order chi connectivity index (χ1) is 6.33. The number of esters is 1. The molecule has 0 aromatic rings. The molecule has 1 aliphatic heterocycles. The minimum absolute atomic E-state index is 0.0990. The Hall–Kier alpha value is -0.790. The lowest BCUT2D eigenvalue weighted by Crippen LogP contribution is -2.42. The Morgan fingerprint density at radius 1 is 1.31 bits per heavy atom. The largest absolute Gasteiger partial charge is 0.453 e. The van der Waals surface area contributed by atoms with E-state index in [0.29, 0.717) is 5.92 Å². The minimum atomic E-state index is -0.0990. The van der Waals surface area contributed by atoms with Gasteiger partial charge in [0.15, 0.2) is 0 Å². The van der Waals surface area contributed by atoms with Crippen LogP contribution in [0.1, 0.15) is 39.0 Å². The van der Waals surface area contributed by atoms with Crippen molar-refractivity contribution in [2.45, 2.75) is 45.1 Å². The van der Waals surface area contributed by atoms with E-state index in [1.807, 2.05) is 13.0 Å². The molecular weight excluding hydrogens is 164 g/mol. The maximum absolute atomic E-state index is 11.0. The Morgan fingerprint density at radius 2 is 2.00 bits per heavy atom. The number of carbonyl (C=O) groups excluding carboxylic acids is 1. The molecule has 2 nitrogen and oxygen atoms in total. The molecule has 1 saturated heterocycles. The highest BCUT2D eigenvalue weighted by Crippen LogP contribution is 2.36. The molecule has 2 rings (SSSR count). The van der Waals surface area contributed by atoms with Crippen molar-refractivity contribution in [1.29, 1.82) is 0 Å². The molecule has 2 aliphatic rings. The summed E-state index contributed by atoms with van der Waals surface area (Å²) in [6, 6.07) is 0. The van der Waals surface area contributed by atoms with Crippen LogP contribution in [0.3, 0.4) is 0 Å². The molecule has 13 heavy (non-hydrogen) atoms. The van der Waals surface area contributed by atoms with E-state index in [2.05, 4.69) is 0 Å². The Balaban J connectivity index is 1.98. The first-order valence-corrected chi connectivity index (χ1v) is 5.20. The molecule has 72 valence electrons. The van der Waals surface area contributed by atoms with E-state index in [-0.39, 0.29) is 12.1 Å². The number of rotatable bonds is 1. The van der Waals surface area contributed by atoms with E-state index in [1.165, 1.54) is 32.1 Å². The van der Waals surface area contributed by atoms with Gasteiger partial charge < -0.3 is 4.74 Å². The number of carbonyl (C=O) groups is 1. The Bertz CT molecular complexity index is 236. The fourth-order valence-corrected chi connectivity index (χ4v) is 2.37. The molecule has 0 radical (unpaired) electrons. The molecule has 0 aromatic carbocycles. The van der Waals surface area contributed by atoms with Gasteiger partial charge in [-0.1, -0.05) is 25.3 Å². The summed E-state index contributed by atoms with van der Waals surface area (Å²) < 4.78 is 5.17. The summed E-state index contributed by atoms with van der Waals surface area (Å²) in [4.78, 5) is 11.0. The number of ether oxygens (including phenoxy) is 1. The van der Waals surface area contributed by atoms with Crippen LogP contribution in [0, 0.1) is 5.92 Å². The first-order valence-electron chi connectivity index (χ1n) is 5.20. The molecule has 1 atom stereocenters. The maximum Gasteiger partial charge on any atom is 0.338 e. The zero-order chi connectivity index (χ0) is 9.26. The van der Waals surface area contributed by atoms with Crippen LogP contribution in [0.15, 0.2) is 11.6 Å². The van der Waals surface area contributed by atoms with Crippen LogP contribution in [-0.2, 0) is 9.53 Å². The van der Waals surface area contributed by atoms with Gasteiger partial charge in [0, 0.05) is 5.92 Å². The van der Waals surface area contributed by atoms with Crippen molar-refractivity contribution in [1.82, 2.24) is 0 Å². The summed E-state index contributed by atoms with van der Waals surface area (Å²) in [5.41, 5.74) is 0.909. The van der Waals surface area contributed by atoms with Gasteiger partial charge in [-0.05, 0) is 19.8 Å². The highest BCUT2D eigenvalue weighted by molar-refractivity contribution is 5.95. The zero-order valence-corrected chi connectivity index (χ0v) is 8.08. The van der Waals surface area contributed by atoms with E-state index in [1.54, 1.807) is 0 Å². The van der Waals surface area contributed by atoms with Crippen molar-refractivity contribution < 1.29 is 9.53 Å². The highest BCUT2D eigenvalue weighted by Gasteiger charge is 2.40. The molecule has 0 aromatic heterocycles. The Morgan fingerprint density at radius 3 is 2.54 bits per heavy atom. The van der Waals surface area contributed by atoms with Gasteiger partial charge in [-0.2, -0.15) is 0 Å². The van der Waals surface area contributed by atoms with Gasteiger partial charge in [-0.15, -0.1) is 0 Å². The van der Waals surface area contributed by atoms with Crippen LogP contribution in [0.5, 0.6) is 0 Å². The average molecular weight is 180 g/mol. The van der Waals surface area contributed by atoms with Gasteiger partial charge in [0.2, 0.25) is 0 Å². The third kappa shape index (κ3) is 1.50. The van der Waals surface area contributed by atoms with Crippen molar-refractivity contribution in [2.24, 2.45) is 5.92 Å². The van der Waals surface area contributed by atoms with Crippen LogP contribution < -0.4 is 0 Å². The van der Waals surface area contributed by atoms with E-state index >= 15 is 0 Å². The highest BCUT2D eigenvalue weighted by atomic mass is 16.6. The van der Waals surface area contributed by atoms with Gasteiger partial charge in [-0.3, -0.25) is 0 Å². The average Bonchev–Trinajstić information content (AvgIpc) is 2.16. The van der Waals surface area contributed by atoms with Gasteiger partial charge in [0.05, 0.1) is 5.57 Å².